The van der Waals surface area contributed by atoms with Gasteiger partial charge in [-0.1, -0.05) is 12.1 Å². The lowest BCUT2D eigenvalue weighted by molar-refractivity contribution is -0.135. The summed E-state index contributed by atoms with van der Waals surface area (Å²) < 4.78 is 13.3. The van der Waals surface area contributed by atoms with Crippen LogP contribution in [-0.2, 0) is 21.5 Å². The molecule has 140 valence electrons. The monoisotopic (exact) mass is 367 g/mol. The van der Waals surface area contributed by atoms with Crippen molar-refractivity contribution in [1.29, 1.82) is 0 Å². The Morgan fingerprint density at radius 1 is 1.19 bits per heavy atom. The van der Waals surface area contributed by atoms with Crippen molar-refractivity contribution >= 4 is 11.8 Å². The number of rotatable bonds is 6. The molecule has 5 nitrogen and oxygen atoms in total. The molecule has 4 rings (SSSR count). The Morgan fingerprint density at radius 2 is 1.89 bits per heavy atom. The predicted octanol–water partition coefficient (Wildman–Crippen LogP) is 2.56. The number of amides is 2. The van der Waals surface area contributed by atoms with Crippen LogP contribution in [0.4, 0.5) is 4.39 Å². The zero-order valence-corrected chi connectivity index (χ0v) is 15.0. The van der Waals surface area contributed by atoms with Gasteiger partial charge in [0.2, 0.25) is 11.8 Å². The second kappa shape index (κ2) is 7.10. The minimum atomic E-state index is -0.566. The van der Waals surface area contributed by atoms with Crippen molar-refractivity contribution in [3.05, 3.63) is 65.7 Å². The van der Waals surface area contributed by atoms with Crippen molar-refractivity contribution in [2.45, 2.75) is 43.7 Å². The van der Waals surface area contributed by atoms with Crippen molar-refractivity contribution in [2.75, 3.05) is 6.54 Å². The summed E-state index contributed by atoms with van der Waals surface area (Å²) in [6.07, 6.45) is 6.20. The summed E-state index contributed by atoms with van der Waals surface area (Å²) in [4.78, 5) is 30.9. The molecule has 0 radical (unpaired) electrons. The fourth-order valence-corrected chi connectivity index (χ4v) is 3.83. The minimum absolute atomic E-state index is 0.0210. The van der Waals surface area contributed by atoms with E-state index in [1.807, 2.05) is 17.0 Å². The van der Waals surface area contributed by atoms with Gasteiger partial charge in [-0.25, -0.2) is 4.39 Å². The third-order valence-corrected chi connectivity index (χ3v) is 5.49. The van der Waals surface area contributed by atoms with Gasteiger partial charge in [0.15, 0.2) is 0 Å². The molecule has 0 spiro atoms. The molecule has 2 aliphatic rings. The first-order chi connectivity index (χ1) is 13.1. The predicted molar refractivity (Wildman–Crippen MR) is 98.1 cm³/mol. The molecule has 0 unspecified atom stereocenters. The summed E-state index contributed by atoms with van der Waals surface area (Å²) in [7, 11) is 0. The Bertz CT molecular complexity index is 834. The number of hydrogen-bond donors (Lipinski definition) is 1. The second-order valence-corrected chi connectivity index (χ2v) is 7.43. The van der Waals surface area contributed by atoms with Crippen LogP contribution in [0.3, 0.4) is 0 Å². The molecule has 1 N–H and O–H groups in total. The highest BCUT2D eigenvalue weighted by Gasteiger charge is 2.53. The van der Waals surface area contributed by atoms with E-state index < -0.39 is 5.41 Å². The first kappa shape index (κ1) is 17.6. The Hall–Kier alpha value is -2.76. The van der Waals surface area contributed by atoms with E-state index in [4.69, 9.17) is 0 Å². The molecule has 1 atom stereocenters. The number of benzene rings is 1. The van der Waals surface area contributed by atoms with Crippen LogP contribution in [0.1, 0.15) is 36.8 Å². The third kappa shape index (κ3) is 3.70. The highest BCUT2D eigenvalue weighted by molar-refractivity contribution is 5.91. The minimum Gasteiger partial charge on any atom is -0.352 e. The summed E-state index contributed by atoms with van der Waals surface area (Å²) in [5, 5.41) is 2.95. The molecule has 1 aliphatic carbocycles. The van der Waals surface area contributed by atoms with Gasteiger partial charge in [0.05, 0.1) is 5.41 Å². The van der Waals surface area contributed by atoms with Gasteiger partial charge in [-0.2, -0.15) is 0 Å². The van der Waals surface area contributed by atoms with Crippen LogP contribution in [-0.4, -0.2) is 34.3 Å². The molecule has 2 amide bonds. The number of pyridine rings is 1. The van der Waals surface area contributed by atoms with Gasteiger partial charge in [0.25, 0.3) is 0 Å². The zero-order chi connectivity index (χ0) is 18.9. The number of aromatic nitrogens is 1. The van der Waals surface area contributed by atoms with Gasteiger partial charge in [0.1, 0.15) is 5.82 Å². The van der Waals surface area contributed by atoms with Crippen LogP contribution in [0, 0.1) is 5.82 Å². The molecule has 27 heavy (non-hydrogen) atoms. The van der Waals surface area contributed by atoms with Crippen LogP contribution in [0.15, 0.2) is 48.8 Å². The molecular formula is C21H22FN3O2. The number of hydrogen-bond acceptors (Lipinski definition) is 3. The molecule has 1 aliphatic heterocycles. The average molecular weight is 367 g/mol. The first-order valence-electron chi connectivity index (χ1n) is 9.30. The number of carbonyl (C=O) groups excluding carboxylic acids is 2. The van der Waals surface area contributed by atoms with Crippen molar-refractivity contribution in [2.24, 2.45) is 0 Å². The first-order valence-corrected chi connectivity index (χ1v) is 9.30. The van der Waals surface area contributed by atoms with E-state index in [1.165, 1.54) is 12.1 Å². The van der Waals surface area contributed by atoms with Crippen molar-refractivity contribution in [1.82, 2.24) is 15.2 Å². The summed E-state index contributed by atoms with van der Waals surface area (Å²) in [5.41, 5.74) is 1.30. The lowest BCUT2D eigenvalue weighted by Gasteiger charge is -2.30. The van der Waals surface area contributed by atoms with Crippen LogP contribution in [0.2, 0.25) is 0 Å². The Morgan fingerprint density at radius 3 is 2.48 bits per heavy atom. The van der Waals surface area contributed by atoms with E-state index in [1.54, 1.807) is 24.5 Å². The quantitative estimate of drug-likeness (QED) is 0.854. The normalized spacial score (nSPS) is 20.2. The van der Waals surface area contributed by atoms with E-state index in [2.05, 4.69) is 10.3 Å². The topological polar surface area (TPSA) is 62.3 Å². The fourth-order valence-electron chi connectivity index (χ4n) is 3.83. The second-order valence-electron chi connectivity index (χ2n) is 7.43. The molecule has 0 bridgehead atoms. The van der Waals surface area contributed by atoms with Crippen molar-refractivity contribution in [3.63, 3.8) is 0 Å². The smallest absolute Gasteiger partial charge is 0.233 e. The molecule has 1 saturated heterocycles. The maximum atomic E-state index is 13.5. The van der Waals surface area contributed by atoms with Crippen LogP contribution >= 0.6 is 0 Å². The fraction of sp³-hybridized carbons (Fsp3) is 0.381. The SMILES string of the molecule is O=C1CC[C@@H](CN(Cc2ccncc2)C(=O)C2(c3ccc(F)cc3)CC2)N1. The molecule has 1 saturated carbocycles. The lowest BCUT2D eigenvalue weighted by Crippen LogP contribution is -2.45. The summed E-state index contributed by atoms with van der Waals surface area (Å²) >= 11 is 0. The molecule has 2 heterocycles. The van der Waals surface area contributed by atoms with Gasteiger partial charge in [0, 0.05) is 37.9 Å². The highest BCUT2D eigenvalue weighted by atomic mass is 19.1. The van der Waals surface area contributed by atoms with Gasteiger partial charge in [-0.15, -0.1) is 0 Å². The molecular weight excluding hydrogens is 345 g/mol. The van der Waals surface area contributed by atoms with Gasteiger partial charge in [-0.3, -0.25) is 14.6 Å². The maximum Gasteiger partial charge on any atom is 0.233 e. The number of halogens is 1. The largest absolute Gasteiger partial charge is 0.352 e. The summed E-state index contributed by atoms with van der Waals surface area (Å²) in [6.45, 7) is 0.951. The van der Waals surface area contributed by atoms with Gasteiger partial charge in [-0.05, 0) is 54.7 Å². The Labute approximate surface area is 157 Å². The molecule has 1 aromatic carbocycles. The van der Waals surface area contributed by atoms with E-state index in [0.717, 1.165) is 30.4 Å². The van der Waals surface area contributed by atoms with Crippen molar-refractivity contribution < 1.29 is 14.0 Å². The standard InChI is InChI=1S/C21H22FN3O2/c22-17-3-1-16(2-4-17)21(9-10-21)20(27)25(13-15-7-11-23-12-8-15)14-18-5-6-19(26)24-18/h1-4,7-8,11-12,18H,5-6,9-10,13-14H2,(H,24,26)/t18-/m0/s1. The summed E-state index contributed by atoms with van der Waals surface area (Å²) in [5.74, 6) is -0.215. The average Bonchev–Trinajstić information content (AvgIpc) is 3.39. The molecule has 1 aromatic heterocycles. The summed E-state index contributed by atoms with van der Waals surface area (Å²) in [6, 6.07) is 10.0. The Balaban J connectivity index is 1.57. The number of carbonyl (C=O) groups is 2. The van der Waals surface area contributed by atoms with Crippen LogP contribution < -0.4 is 5.32 Å². The van der Waals surface area contributed by atoms with Crippen LogP contribution in [0.25, 0.3) is 0 Å². The number of nitrogens with zero attached hydrogens (tertiary/aromatic N) is 2. The van der Waals surface area contributed by atoms with Crippen LogP contribution in [0.5, 0.6) is 0 Å². The molecule has 2 fully saturated rings. The lowest BCUT2D eigenvalue weighted by atomic mass is 9.93. The van der Waals surface area contributed by atoms with E-state index >= 15 is 0 Å². The molecule has 6 heteroatoms. The third-order valence-electron chi connectivity index (χ3n) is 5.49. The number of nitrogens with one attached hydrogen (secondary N) is 1. The van der Waals surface area contributed by atoms with Crippen molar-refractivity contribution in [3.8, 4) is 0 Å². The van der Waals surface area contributed by atoms with Gasteiger partial charge >= 0.3 is 0 Å². The maximum absolute atomic E-state index is 13.5. The highest BCUT2D eigenvalue weighted by Crippen LogP contribution is 2.49. The molecule has 2 aromatic rings. The Kier molecular flexibility index (Phi) is 4.64. The zero-order valence-electron chi connectivity index (χ0n) is 15.0. The van der Waals surface area contributed by atoms with E-state index in [-0.39, 0.29) is 23.7 Å². The van der Waals surface area contributed by atoms with E-state index in [0.29, 0.717) is 19.5 Å². The van der Waals surface area contributed by atoms with E-state index in [9.17, 15) is 14.0 Å². The van der Waals surface area contributed by atoms with Gasteiger partial charge < -0.3 is 10.2 Å².